The van der Waals surface area contributed by atoms with E-state index < -0.39 is 0 Å². The normalized spacial score (nSPS) is 21.5. The zero-order valence-corrected chi connectivity index (χ0v) is 11.0. The topological polar surface area (TPSA) is 46.3 Å². The summed E-state index contributed by atoms with van der Waals surface area (Å²) in [5.41, 5.74) is 5.61. The van der Waals surface area contributed by atoms with Crippen LogP contribution in [0.25, 0.3) is 0 Å². The lowest BCUT2D eigenvalue weighted by Gasteiger charge is -2.35. The van der Waals surface area contributed by atoms with E-state index in [1.165, 1.54) is 19.3 Å². The SMILES string of the molecule is CC(N)CCN(C)C(=O)C1(C)CCCCC1. The van der Waals surface area contributed by atoms with Crippen molar-refractivity contribution >= 4 is 5.91 Å². The summed E-state index contributed by atoms with van der Waals surface area (Å²) in [4.78, 5) is 14.2. The van der Waals surface area contributed by atoms with Gasteiger partial charge in [0.1, 0.15) is 0 Å². The lowest BCUT2D eigenvalue weighted by atomic mass is 9.74. The Labute approximate surface area is 99.4 Å². The van der Waals surface area contributed by atoms with Crippen molar-refractivity contribution in [2.24, 2.45) is 11.1 Å². The van der Waals surface area contributed by atoms with Gasteiger partial charge in [0.15, 0.2) is 0 Å². The molecule has 0 aromatic heterocycles. The second kappa shape index (κ2) is 5.67. The minimum absolute atomic E-state index is 0.106. The van der Waals surface area contributed by atoms with Crippen molar-refractivity contribution < 1.29 is 4.79 Å². The maximum Gasteiger partial charge on any atom is 0.228 e. The van der Waals surface area contributed by atoms with Crippen molar-refractivity contribution in [3.63, 3.8) is 0 Å². The van der Waals surface area contributed by atoms with Crippen LogP contribution >= 0.6 is 0 Å². The summed E-state index contributed by atoms with van der Waals surface area (Å²) in [6, 6.07) is 0.175. The fourth-order valence-corrected chi connectivity index (χ4v) is 2.51. The van der Waals surface area contributed by atoms with Crippen molar-refractivity contribution in [3.05, 3.63) is 0 Å². The van der Waals surface area contributed by atoms with E-state index in [-0.39, 0.29) is 11.5 Å². The van der Waals surface area contributed by atoms with E-state index in [0.29, 0.717) is 5.91 Å². The highest BCUT2D eigenvalue weighted by Gasteiger charge is 2.36. The molecule has 94 valence electrons. The molecular weight excluding hydrogens is 200 g/mol. The lowest BCUT2D eigenvalue weighted by molar-refractivity contribution is -0.141. The number of nitrogens with two attached hydrogens (primary N) is 1. The van der Waals surface area contributed by atoms with Gasteiger partial charge in [0.25, 0.3) is 0 Å². The quantitative estimate of drug-likeness (QED) is 0.798. The highest BCUT2D eigenvalue weighted by Crippen LogP contribution is 2.37. The molecule has 3 heteroatoms. The second-order valence-electron chi connectivity index (χ2n) is 5.61. The predicted molar refractivity (Wildman–Crippen MR) is 67.1 cm³/mol. The van der Waals surface area contributed by atoms with Gasteiger partial charge in [0.2, 0.25) is 5.91 Å². The van der Waals surface area contributed by atoms with E-state index in [1.807, 2.05) is 18.9 Å². The first-order valence-corrected chi connectivity index (χ1v) is 6.47. The van der Waals surface area contributed by atoms with Crippen LogP contribution in [0.3, 0.4) is 0 Å². The number of hydrogen-bond acceptors (Lipinski definition) is 2. The smallest absolute Gasteiger partial charge is 0.228 e. The molecule has 0 aliphatic heterocycles. The monoisotopic (exact) mass is 226 g/mol. The highest BCUT2D eigenvalue weighted by molar-refractivity contribution is 5.82. The number of rotatable bonds is 4. The third kappa shape index (κ3) is 3.48. The third-order valence-electron chi connectivity index (χ3n) is 3.74. The van der Waals surface area contributed by atoms with Crippen molar-refractivity contribution in [2.75, 3.05) is 13.6 Å². The van der Waals surface area contributed by atoms with Gasteiger partial charge in [0.05, 0.1) is 0 Å². The van der Waals surface area contributed by atoms with Crippen LogP contribution in [0.1, 0.15) is 52.4 Å². The first-order valence-electron chi connectivity index (χ1n) is 6.47. The Kier molecular flexibility index (Phi) is 4.78. The van der Waals surface area contributed by atoms with E-state index >= 15 is 0 Å². The molecule has 1 amide bonds. The summed E-state index contributed by atoms with van der Waals surface area (Å²) in [7, 11) is 1.91. The Morgan fingerprint density at radius 2 is 1.94 bits per heavy atom. The molecule has 1 saturated carbocycles. The van der Waals surface area contributed by atoms with Crippen LogP contribution in [0.15, 0.2) is 0 Å². The van der Waals surface area contributed by atoms with Gasteiger partial charge in [-0.25, -0.2) is 0 Å². The molecule has 3 nitrogen and oxygen atoms in total. The van der Waals surface area contributed by atoms with Crippen molar-refractivity contribution in [2.45, 2.75) is 58.4 Å². The zero-order valence-electron chi connectivity index (χ0n) is 11.0. The molecule has 1 aliphatic rings. The van der Waals surface area contributed by atoms with Crippen LogP contribution in [0, 0.1) is 5.41 Å². The summed E-state index contributed by atoms with van der Waals surface area (Å²) < 4.78 is 0. The molecule has 0 bridgehead atoms. The molecule has 2 N–H and O–H groups in total. The molecule has 0 radical (unpaired) electrons. The lowest BCUT2D eigenvalue weighted by Crippen LogP contribution is -2.42. The Morgan fingerprint density at radius 3 is 2.44 bits per heavy atom. The summed E-state index contributed by atoms with van der Waals surface area (Å²) in [5.74, 6) is 0.313. The molecule has 0 heterocycles. The molecule has 16 heavy (non-hydrogen) atoms. The van der Waals surface area contributed by atoms with Crippen LogP contribution in [-0.2, 0) is 4.79 Å². The number of nitrogens with zero attached hydrogens (tertiary/aromatic N) is 1. The average Bonchev–Trinajstić information content (AvgIpc) is 2.25. The number of hydrogen-bond donors (Lipinski definition) is 1. The fourth-order valence-electron chi connectivity index (χ4n) is 2.51. The Hall–Kier alpha value is -0.570. The Bertz CT molecular complexity index is 232. The predicted octanol–water partition coefficient (Wildman–Crippen LogP) is 2.15. The van der Waals surface area contributed by atoms with Gasteiger partial charge >= 0.3 is 0 Å². The first kappa shape index (κ1) is 13.5. The van der Waals surface area contributed by atoms with Gasteiger partial charge in [-0.3, -0.25) is 4.79 Å². The average molecular weight is 226 g/mol. The molecule has 1 rings (SSSR count). The van der Waals surface area contributed by atoms with Crippen LogP contribution in [0.4, 0.5) is 0 Å². The molecule has 1 atom stereocenters. The van der Waals surface area contributed by atoms with Crippen molar-refractivity contribution in [3.8, 4) is 0 Å². The molecule has 0 aromatic rings. The van der Waals surface area contributed by atoms with E-state index in [9.17, 15) is 4.79 Å². The molecule has 0 aromatic carbocycles. The van der Waals surface area contributed by atoms with Crippen LogP contribution in [0.5, 0.6) is 0 Å². The Balaban J connectivity index is 2.48. The molecule has 0 spiro atoms. The summed E-state index contributed by atoms with van der Waals surface area (Å²) in [5, 5.41) is 0. The third-order valence-corrected chi connectivity index (χ3v) is 3.74. The highest BCUT2D eigenvalue weighted by atomic mass is 16.2. The van der Waals surface area contributed by atoms with E-state index in [2.05, 4.69) is 6.92 Å². The maximum absolute atomic E-state index is 12.3. The van der Waals surface area contributed by atoms with Gasteiger partial charge in [-0.15, -0.1) is 0 Å². The second-order valence-corrected chi connectivity index (χ2v) is 5.61. The van der Waals surface area contributed by atoms with Gasteiger partial charge in [-0.05, 0) is 26.2 Å². The number of carbonyl (C=O) groups excluding carboxylic acids is 1. The summed E-state index contributed by atoms with van der Waals surface area (Å²) in [6.45, 7) is 4.89. The standard InChI is InChI=1S/C13H26N2O/c1-11(14)7-10-15(3)12(16)13(2)8-5-4-6-9-13/h11H,4-10,14H2,1-3H3. The van der Waals surface area contributed by atoms with E-state index in [1.54, 1.807) is 0 Å². The maximum atomic E-state index is 12.3. The van der Waals surface area contributed by atoms with Gasteiger partial charge in [0, 0.05) is 25.0 Å². The van der Waals surface area contributed by atoms with Crippen LogP contribution in [0.2, 0.25) is 0 Å². The summed E-state index contributed by atoms with van der Waals surface area (Å²) in [6.07, 6.45) is 6.67. The number of carbonyl (C=O) groups is 1. The molecule has 0 saturated heterocycles. The van der Waals surface area contributed by atoms with Gasteiger partial charge < -0.3 is 10.6 Å². The minimum Gasteiger partial charge on any atom is -0.345 e. The Morgan fingerprint density at radius 1 is 1.38 bits per heavy atom. The molecule has 1 unspecified atom stereocenters. The van der Waals surface area contributed by atoms with Crippen LogP contribution < -0.4 is 5.73 Å². The number of amides is 1. The van der Waals surface area contributed by atoms with Crippen LogP contribution in [-0.4, -0.2) is 30.4 Å². The van der Waals surface area contributed by atoms with Crippen molar-refractivity contribution in [1.29, 1.82) is 0 Å². The minimum atomic E-state index is -0.106. The largest absolute Gasteiger partial charge is 0.345 e. The zero-order chi connectivity index (χ0) is 12.2. The van der Waals surface area contributed by atoms with Crippen molar-refractivity contribution in [1.82, 2.24) is 4.90 Å². The van der Waals surface area contributed by atoms with Gasteiger partial charge in [-0.2, -0.15) is 0 Å². The molecule has 1 aliphatic carbocycles. The first-order chi connectivity index (χ1) is 7.46. The fraction of sp³-hybridized carbons (Fsp3) is 0.923. The molecule has 1 fully saturated rings. The van der Waals surface area contributed by atoms with E-state index in [4.69, 9.17) is 5.73 Å². The van der Waals surface area contributed by atoms with E-state index in [0.717, 1.165) is 25.8 Å². The molecular formula is C13H26N2O. The summed E-state index contributed by atoms with van der Waals surface area (Å²) >= 11 is 0. The van der Waals surface area contributed by atoms with Gasteiger partial charge in [-0.1, -0.05) is 26.2 Å².